The molecule has 6 nitrogen and oxygen atoms in total. The fourth-order valence-electron chi connectivity index (χ4n) is 1.40. The van der Waals surface area contributed by atoms with Crippen LogP contribution in [-0.2, 0) is 7.05 Å². The number of aromatic nitrogens is 2. The SMILES string of the molecule is CCCCCNc1c(N)n(C)c(=O)[nH]c1=O. The molecule has 4 N–H and O–H groups in total. The smallest absolute Gasteiger partial charge is 0.329 e. The Morgan fingerprint density at radius 1 is 1.38 bits per heavy atom. The van der Waals surface area contributed by atoms with Gasteiger partial charge in [0.1, 0.15) is 11.5 Å². The molecule has 1 rings (SSSR count). The van der Waals surface area contributed by atoms with E-state index in [9.17, 15) is 9.59 Å². The summed E-state index contributed by atoms with van der Waals surface area (Å²) in [6, 6.07) is 0. The van der Waals surface area contributed by atoms with Gasteiger partial charge in [-0.15, -0.1) is 0 Å². The van der Waals surface area contributed by atoms with Crippen LogP contribution in [0.3, 0.4) is 0 Å². The van der Waals surface area contributed by atoms with Gasteiger partial charge in [-0.05, 0) is 6.42 Å². The number of aromatic amines is 1. The molecule has 1 heterocycles. The molecule has 0 spiro atoms. The van der Waals surface area contributed by atoms with Crippen molar-refractivity contribution in [3.63, 3.8) is 0 Å². The molecule has 0 aliphatic heterocycles. The number of nitrogens with zero attached hydrogens (tertiary/aromatic N) is 1. The van der Waals surface area contributed by atoms with E-state index in [4.69, 9.17) is 5.73 Å². The molecule has 0 aromatic carbocycles. The topological polar surface area (TPSA) is 92.9 Å². The number of H-pyrrole nitrogens is 1. The lowest BCUT2D eigenvalue weighted by Crippen LogP contribution is -2.32. The van der Waals surface area contributed by atoms with Crippen LogP contribution in [0.1, 0.15) is 26.2 Å². The van der Waals surface area contributed by atoms with E-state index in [-0.39, 0.29) is 11.5 Å². The third kappa shape index (κ3) is 2.65. The molecule has 0 unspecified atom stereocenters. The lowest BCUT2D eigenvalue weighted by atomic mass is 10.2. The number of nitrogen functional groups attached to an aromatic ring is 1. The Bertz CT molecular complexity index is 461. The highest BCUT2D eigenvalue weighted by atomic mass is 16.2. The van der Waals surface area contributed by atoms with Crippen LogP contribution in [0.15, 0.2) is 9.59 Å². The maximum atomic E-state index is 11.5. The normalized spacial score (nSPS) is 10.4. The molecule has 0 saturated carbocycles. The van der Waals surface area contributed by atoms with Crippen LogP contribution in [0.2, 0.25) is 0 Å². The lowest BCUT2D eigenvalue weighted by molar-refractivity contribution is 0.740. The Hall–Kier alpha value is -1.72. The Balaban J connectivity index is 2.84. The fraction of sp³-hybridized carbons (Fsp3) is 0.600. The van der Waals surface area contributed by atoms with Crippen molar-refractivity contribution >= 4 is 11.5 Å². The lowest BCUT2D eigenvalue weighted by Gasteiger charge is -2.10. The second-order valence-corrected chi connectivity index (χ2v) is 3.71. The molecular weight excluding hydrogens is 208 g/mol. The third-order valence-electron chi connectivity index (χ3n) is 2.45. The predicted octanol–water partition coefficient (Wildman–Crippen LogP) is 0.258. The van der Waals surface area contributed by atoms with Crippen LogP contribution in [-0.4, -0.2) is 16.1 Å². The van der Waals surface area contributed by atoms with Gasteiger partial charge >= 0.3 is 5.69 Å². The second kappa shape index (κ2) is 5.39. The minimum atomic E-state index is -0.499. The van der Waals surface area contributed by atoms with Crippen molar-refractivity contribution in [2.45, 2.75) is 26.2 Å². The number of nitrogens with one attached hydrogen (secondary N) is 2. The van der Waals surface area contributed by atoms with Crippen LogP contribution >= 0.6 is 0 Å². The predicted molar refractivity (Wildman–Crippen MR) is 64.7 cm³/mol. The van der Waals surface area contributed by atoms with Crippen molar-refractivity contribution < 1.29 is 0 Å². The number of unbranched alkanes of at least 4 members (excludes halogenated alkanes) is 2. The van der Waals surface area contributed by atoms with Gasteiger partial charge in [-0.1, -0.05) is 19.8 Å². The van der Waals surface area contributed by atoms with E-state index in [0.717, 1.165) is 19.3 Å². The van der Waals surface area contributed by atoms with E-state index < -0.39 is 11.2 Å². The highest BCUT2D eigenvalue weighted by Gasteiger charge is 2.08. The summed E-state index contributed by atoms with van der Waals surface area (Å²) < 4.78 is 1.21. The van der Waals surface area contributed by atoms with Gasteiger partial charge in [-0.3, -0.25) is 14.3 Å². The van der Waals surface area contributed by atoms with Crippen molar-refractivity contribution in [3.8, 4) is 0 Å². The zero-order valence-electron chi connectivity index (χ0n) is 9.67. The maximum Gasteiger partial charge on any atom is 0.329 e. The first-order valence-electron chi connectivity index (χ1n) is 5.40. The maximum absolute atomic E-state index is 11.5. The van der Waals surface area contributed by atoms with Crippen LogP contribution in [0.5, 0.6) is 0 Å². The number of rotatable bonds is 5. The van der Waals surface area contributed by atoms with Gasteiger partial charge in [-0.25, -0.2) is 4.79 Å². The Kier molecular flexibility index (Phi) is 4.16. The monoisotopic (exact) mass is 226 g/mol. The minimum Gasteiger partial charge on any atom is -0.383 e. The van der Waals surface area contributed by atoms with E-state index in [1.165, 1.54) is 11.6 Å². The molecule has 16 heavy (non-hydrogen) atoms. The molecule has 0 fully saturated rings. The average molecular weight is 226 g/mol. The van der Waals surface area contributed by atoms with Crippen LogP contribution < -0.4 is 22.3 Å². The molecular formula is C10H18N4O2. The standard InChI is InChI=1S/C10H18N4O2/c1-3-4-5-6-12-7-8(11)14(2)10(16)13-9(7)15/h12H,3-6,11H2,1-2H3,(H,13,15,16). The molecule has 0 amide bonds. The summed E-state index contributed by atoms with van der Waals surface area (Å²) in [5.41, 5.74) is 5.00. The van der Waals surface area contributed by atoms with Gasteiger partial charge in [0, 0.05) is 13.6 Å². The molecule has 0 atom stereocenters. The van der Waals surface area contributed by atoms with E-state index in [1.807, 2.05) is 0 Å². The quantitative estimate of drug-likeness (QED) is 0.628. The molecule has 0 radical (unpaired) electrons. The van der Waals surface area contributed by atoms with Gasteiger partial charge in [-0.2, -0.15) is 0 Å². The summed E-state index contributed by atoms with van der Waals surface area (Å²) in [7, 11) is 1.52. The van der Waals surface area contributed by atoms with Gasteiger partial charge in [0.25, 0.3) is 5.56 Å². The van der Waals surface area contributed by atoms with Crippen LogP contribution in [0.25, 0.3) is 0 Å². The van der Waals surface area contributed by atoms with Gasteiger partial charge in [0.2, 0.25) is 0 Å². The summed E-state index contributed by atoms with van der Waals surface area (Å²) in [6.45, 7) is 2.78. The van der Waals surface area contributed by atoms with E-state index in [1.54, 1.807) is 0 Å². The fourth-order valence-corrected chi connectivity index (χ4v) is 1.40. The molecule has 0 bridgehead atoms. The zero-order chi connectivity index (χ0) is 12.1. The molecule has 1 aromatic heterocycles. The van der Waals surface area contributed by atoms with Crippen LogP contribution in [0, 0.1) is 0 Å². The largest absolute Gasteiger partial charge is 0.383 e. The van der Waals surface area contributed by atoms with Crippen molar-refractivity contribution in [2.24, 2.45) is 7.05 Å². The summed E-state index contributed by atoms with van der Waals surface area (Å²) in [5, 5.41) is 2.96. The molecule has 0 aliphatic carbocycles. The molecule has 6 heteroatoms. The summed E-state index contributed by atoms with van der Waals surface area (Å²) in [5.74, 6) is 0.172. The molecule has 0 saturated heterocycles. The van der Waals surface area contributed by atoms with Gasteiger partial charge < -0.3 is 11.1 Å². The van der Waals surface area contributed by atoms with Crippen LogP contribution in [0.4, 0.5) is 11.5 Å². The van der Waals surface area contributed by atoms with E-state index >= 15 is 0 Å². The first-order valence-corrected chi connectivity index (χ1v) is 5.40. The summed E-state index contributed by atoms with van der Waals surface area (Å²) in [6.07, 6.45) is 3.18. The van der Waals surface area contributed by atoms with Crippen molar-refractivity contribution in [1.82, 2.24) is 9.55 Å². The first-order chi connectivity index (χ1) is 7.57. The molecule has 90 valence electrons. The molecule has 1 aromatic rings. The van der Waals surface area contributed by atoms with Crippen molar-refractivity contribution in [3.05, 3.63) is 20.8 Å². The van der Waals surface area contributed by atoms with Crippen molar-refractivity contribution in [2.75, 3.05) is 17.6 Å². The number of nitrogens with two attached hydrogens (primary N) is 1. The Labute approximate surface area is 93.5 Å². The highest BCUT2D eigenvalue weighted by Crippen LogP contribution is 2.08. The summed E-state index contributed by atoms with van der Waals surface area (Å²) >= 11 is 0. The number of hydrogen-bond acceptors (Lipinski definition) is 4. The minimum absolute atomic E-state index is 0.172. The highest BCUT2D eigenvalue weighted by molar-refractivity contribution is 5.60. The number of anilines is 2. The Morgan fingerprint density at radius 2 is 2.06 bits per heavy atom. The average Bonchev–Trinajstić information content (AvgIpc) is 2.25. The number of hydrogen-bond donors (Lipinski definition) is 3. The Morgan fingerprint density at radius 3 is 2.69 bits per heavy atom. The van der Waals surface area contributed by atoms with E-state index in [0.29, 0.717) is 6.54 Å². The first kappa shape index (κ1) is 12.4. The molecule has 0 aliphatic rings. The zero-order valence-corrected chi connectivity index (χ0v) is 9.67. The van der Waals surface area contributed by atoms with Gasteiger partial charge in [0.05, 0.1) is 0 Å². The summed E-state index contributed by atoms with van der Waals surface area (Å²) in [4.78, 5) is 24.9. The van der Waals surface area contributed by atoms with Crippen molar-refractivity contribution in [1.29, 1.82) is 0 Å². The third-order valence-corrected chi connectivity index (χ3v) is 2.45. The second-order valence-electron chi connectivity index (χ2n) is 3.71. The van der Waals surface area contributed by atoms with Gasteiger partial charge in [0.15, 0.2) is 0 Å². The van der Waals surface area contributed by atoms with E-state index in [2.05, 4.69) is 17.2 Å².